The Bertz CT molecular complexity index is 1030. The molecule has 0 atom stereocenters. The number of benzene rings is 2. The second-order valence-electron chi connectivity index (χ2n) is 9.81. The van der Waals surface area contributed by atoms with Gasteiger partial charge in [0.05, 0.1) is 12.6 Å². The van der Waals surface area contributed by atoms with Gasteiger partial charge in [-0.2, -0.15) is 0 Å². The van der Waals surface area contributed by atoms with Gasteiger partial charge in [-0.3, -0.25) is 0 Å². The van der Waals surface area contributed by atoms with Gasteiger partial charge >= 0.3 is 0 Å². The van der Waals surface area contributed by atoms with E-state index >= 15 is 0 Å². The van der Waals surface area contributed by atoms with Crippen LogP contribution in [0.25, 0.3) is 10.9 Å². The summed E-state index contributed by atoms with van der Waals surface area (Å²) in [5, 5.41) is 8.64. The fraction of sp³-hybridized carbons (Fsp3) is 0.483. The quantitative estimate of drug-likeness (QED) is 0.349. The molecule has 0 aliphatic heterocycles. The molecule has 1 fully saturated rings. The van der Waals surface area contributed by atoms with E-state index in [9.17, 15) is 0 Å². The Labute approximate surface area is 204 Å². The lowest BCUT2D eigenvalue weighted by atomic mass is 9.86. The van der Waals surface area contributed by atoms with E-state index in [0.717, 1.165) is 42.5 Å². The summed E-state index contributed by atoms with van der Waals surface area (Å²) in [6.07, 6.45) is 8.59. The summed E-state index contributed by atoms with van der Waals surface area (Å²) in [5.41, 5.74) is 3.67. The smallest absolute Gasteiger partial charge is 0.128 e. The first-order chi connectivity index (χ1) is 16.6. The minimum atomic E-state index is 0.518. The van der Waals surface area contributed by atoms with Crippen LogP contribution in [-0.2, 0) is 6.42 Å². The molecule has 1 saturated carbocycles. The van der Waals surface area contributed by atoms with Gasteiger partial charge in [-0.25, -0.2) is 4.98 Å². The van der Waals surface area contributed by atoms with Crippen LogP contribution >= 0.6 is 0 Å². The molecule has 1 aliphatic carbocycles. The second-order valence-corrected chi connectivity index (χ2v) is 9.81. The number of nitrogens with one attached hydrogen (secondary N) is 2. The van der Waals surface area contributed by atoms with E-state index in [1.165, 1.54) is 55.2 Å². The first-order valence-corrected chi connectivity index (χ1v) is 12.8. The molecule has 0 amide bonds. The van der Waals surface area contributed by atoms with E-state index in [2.05, 4.69) is 84.2 Å². The van der Waals surface area contributed by atoms with E-state index in [-0.39, 0.29) is 0 Å². The molecule has 1 aromatic heterocycles. The molecule has 34 heavy (non-hydrogen) atoms. The molecule has 0 spiro atoms. The van der Waals surface area contributed by atoms with E-state index in [1.807, 2.05) is 0 Å². The summed E-state index contributed by atoms with van der Waals surface area (Å²) in [6.45, 7) is 2.26. The van der Waals surface area contributed by atoms with Gasteiger partial charge in [0.2, 0.25) is 0 Å². The Morgan fingerprint density at radius 2 is 1.74 bits per heavy atom. The Kier molecular flexibility index (Phi) is 8.64. The monoisotopic (exact) mass is 460 g/mol. The summed E-state index contributed by atoms with van der Waals surface area (Å²) >= 11 is 0. The molecule has 0 radical (unpaired) electrons. The predicted molar refractivity (Wildman–Crippen MR) is 144 cm³/mol. The number of unbranched alkanes of at least 4 members (excludes halogenated alkanes) is 1. The Morgan fingerprint density at radius 1 is 0.971 bits per heavy atom. The lowest BCUT2D eigenvalue weighted by Crippen LogP contribution is -2.31. The number of pyridine rings is 1. The molecule has 0 unspecified atom stereocenters. The number of para-hydroxylation sites is 1. The molecule has 4 rings (SSSR count). The van der Waals surface area contributed by atoms with E-state index < -0.39 is 0 Å². The number of hydrogen-bond acceptors (Lipinski definition) is 5. The van der Waals surface area contributed by atoms with Gasteiger partial charge in [0.15, 0.2) is 0 Å². The van der Waals surface area contributed by atoms with Crippen molar-refractivity contribution >= 4 is 22.4 Å². The van der Waals surface area contributed by atoms with Crippen LogP contribution in [0.2, 0.25) is 0 Å². The van der Waals surface area contributed by atoms with Crippen LogP contribution in [0.15, 0.2) is 54.6 Å². The largest absolute Gasteiger partial charge is 0.497 e. The van der Waals surface area contributed by atoms with Crippen molar-refractivity contribution < 1.29 is 4.74 Å². The van der Waals surface area contributed by atoms with Crippen LogP contribution in [0.1, 0.15) is 44.1 Å². The van der Waals surface area contributed by atoms with Gasteiger partial charge in [0.25, 0.3) is 0 Å². The molecule has 5 heteroatoms. The highest BCUT2D eigenvalue weighted by Crippen LogP contribution is 2.30. The van der Waals surface area contributed by atoms with E-state index in [4.69, 9.17) is 9.72 Å². The summed E-state index contributed by atoms with van der Waals surface area (Å²) in [7, 11) is 5.91. The van der Waals surface area contributed by atoms with E-state index in [0.29, 0.717) is 6.04 Å². The third kappa shape index (κ3) is 6.63. The highest BCUT2D eigenvalue weighted by Gasteiger charge is 2.21. The van der Waals surface area contributed by atoms with Crippen molar-refractivity contribution in [3.05, 3.63) is 60.2 Å². The molecule has 0 saturated heterocycles. The van der Waals surface area contributed by atoms with Gasteiger partial charge < -0.3 is 20.3 Å². The normalized spacial score (nSPS) is 18.1. The topological polar surface area (TPSA) is 49.4 Å². The van der Waals surface area contributed by atoms with Gasteiger partial charge in [-0.05, 0) is 87.7 Å². The average molecular weight is 461 g/mol. The number of ether oxygens (including phenoxy) is 1. The van der Waals surface area contributed by atoms with Crippen molar-refractivity contribution in [3.63, 3.8) is 0 Å². The minimum Gasteiger partial charge on any atom is -0.497 e. The Hall–Kier alpha value is -2.79. The van der Waals surface area contributed by atoms with Crippen molar-refractivity contribution in [3.8, 4) is 5.75 Å². The SMILES string of the molecule is COc1ccc(CCCCNCC2CCC(Nc3cc(N(C)C)c4ccccc4n3)CC2)cc1. The molecular weight excluding hydrogens is 420 g/mol. The molecular formula is C29H40N4O. The molecule has 1 aliphatic rings. The molecule has 5 nitrogen and oxygen atoms in total. The first kappa shape index (κ1) is 24.3. The zero-order chi connectivity index (χ0) is 23.8. The highest BCUT2D eigenvalue weighted by atomic mass is 16.5. The van der Waals surface area contributed by atoms with Gasteiger partial charge in [-0.1, -0.05) is 30.3 Å². The lowest BCUT2D eigenvalue weighted by molar-refractivity contribution is 0.324. The third-order valence-electron chi connectivity index (χ3n) is 7.04. The molecule has 1 heterocycles. The molecule has 2 N–H and O–H groups in total. The first-order valence-electron chi connectivity index (χ1n) is 12.8. The third-order valence-corrected chi connectivity index (χ3v) is 7.04. The summed E-state index contributed by atoms with van der Waals surface area (Å²) in [4.78, 5) is 7.06. The lowest BCUT2D eigenvalue weighted by Gasteiger charge is -2.30. The number of rotatable bonds is 11. The van der Waals surface area contributed by atoms with Crippen LogP contribution in [0.3, 0.4) is 0 Å². The van der Waals surface area contributed by atoms with Crippen LogP contribution in [0, 0.1) is 5.92 Å². The van der Waals surface area contributed by atoms with Gasteiger partial charge in [0.1, 0.15) is 11.6 Å². The highest BCUT2D eigenvalue weighted by molar-refractivity contribution is 5.93. The zero-order valence-electron chi connectivity index (χ0n) is 21.0. The van der Waals surface area contributed by atoms with Crippen LogP contribution in [0.4, 0.5) is 11.5 Å². The summed E-state index contributed by atoms with van der Waals surface area (Å²) in [6, 6.07) is 19.6. The van der Waals surface area contributed by atoms with Gasteiger partial charge in [-0.15, -0.1) is 0 Å². The van der Waals surface area contributed by atoms with Crippen molar-refractivity contribution in [2.45, 2.75) is 51.0 Å². The van der Waals surface area contributed by atoms with Crippen molar-refractivity contribution in [2.24, 2.45) is 5.92 Å². The minimum absolute atomic E-state index is 0.518. The molecule has 0 bridgehead atoms. The average Bonchev–Trinajstić information content (AvgIpc) is 2.87. The summed E-state index contributed by atoms with van der Waals surface area (Å²) < 4.78 is 5.23. The number of aromatic nitrogens is 1. The number of hydrogen-bond donors (Lipinski definition) is 2. The molecule has 182 valence electrons. The summed E-state index contributed by atoms with van der Waals surface area (Å²) in [5.74, 6) is 2.73. The van der Waals surface area contributed by atoms with Gasteiger partial charge in [0, 0.05) is 37.3 Å². The van der Waals surface area contributed by atoms with Crippen LogP contribution in [-0.4, -0.2) is 45.3 Å². The number of anilines is 2. The van der Waals surface area contributed by atoms with Crippen LogP contribution in [0.5, 0.6) is 5.75 Å². The van der Waals surface area contributed by atoms with Crippen molar-refractivity contribution in [1.29, 1.82) is 0 Å². The molecule has 2 aromatic carbocycles. The number of methoxy groups -OCH3 is 1. The number of fused-ring (bicyclic) bond motifs is 1. The standard InChI is InChI=1S/C29H40N4O/c1-33(2)28-20-29(32-27-10-5-4-9-26(27)28)31-24-15-11-23(12-16-24)21-30-19-7-6-8-22-13-17-25(34-3)18-14-22/h4-5,9-10,13-14,17-18,20,23-24,30H,6-8,11-12,15-16,19,21H2,1-3H3,(H,31,32). The fourth-order valence-corrected chi connectivity index (χ4v) is 5.00. The zero-order valence-corrected chi connectivity index (χ0v) is 21.0. The maximum absolute atomic E-state index is 5.23. The Morgan fingerprint density at radius 3 is 2.47 bits per heavy atom. The fourth-order valence-electron chi connectivity index (χ4n) is 5.00. The maximum Gasteiger partial charge on any atom is 0.128 e. The molecule has 3 aromatic rings. The van der Waals surface area contributed by atoms with Crippen molar-refractivity contribution in [2.75, 3.05) is 44.5 Å². The second kappa shape index (κ2) is 12.1. The van der Waals surface area contributed by atoms with E-state index in [1.54, 1.807) is 7.11 Å². The Balaban J connectivity index is 1.15. The van der Waals surface area contributed by atoms with Crippen molar-refractivity contribution in [1.82, 2.24) is 10.3 Å². The number of aryl methyl sites for hydroxylation is 1. The predicted octanol–water partition coefficient (Wildman–Crippen LogP) is 5.89. The maximum atomic E-state index is 5.23. The van der Waals surface area contributed by atoms with Crippen LogP contribution < -0.4 is 20.3 Å². The number of nitrogens with zero attached hydrogens (tertiary/aromatic N) is 2.